The van der Waals surface area contributed by atoms with E-state index in [0.29, 0.717) is 5.69 Å². The average molecular weight is 173 g/mol. The van der Waals surface area contributed by atoms with Gasteiger partial charge in [-0.25, -0.2) is 0 Å². The fourth-order valence-electron chi connectivity index (χ4n) is 1.22. The van der Waals surface area contributed by atoms with Gasteiger partial charge in [-0.2, -0.15) is 0 Å². The molecule has 2 rings (SSSR count). The van der Waals surface area contributed by atoms with E-state index in [0.717, 1.165) is 10.9 Å². The monoisotopic (exact) mass is 173 g/mol. The SMILES string of the molecule is Nc1c(N=O)cnc2ccccc12. The van der Waals surface area contributed by atoms with Gasteiger partial charge in [0.15, 0.2) is 0 Å². The predicted octanol–water partition coefficient (Wildman–Crippen LogP) is 2.21. The third kappa shape index (κ3) is 1.12. The van der Waals surface area contributed by atoms with E-state index in [9.17, 15) is 4.91 Å². The van der Waals surface area contributed by atoms with Crippen molar-refractivity contribution < 1.29 is 0 Å². The predicted molar refractivity (Wildman–Crippen MR) is 51.6 cm³/mol. The molecule has 64 valence electrons. The Morgan fingerprint density at radius 2 is 2.08 bits per heavy atom. The zero-order valence-electron chi connectivity index (χ0n) is 6.77. The van der Waals surface area contributed by atoms with Gasteiger partial charge in [-0.3, -0.25) is 4.98 Å². The zero-order chi connectivity index (χ0) is 9.26. The summed E-state index contributed by atoms with van der Waals surface area (Å²) >= 11 is 0. The number of nitrogens with zero attached hydrogens (tertiary/aromatic N) is 2. The van der Waals surface area contributed by atoms with Crippen LogP contribution < -0.4 is 5.73 Å². The maximum Gasteiger partial charge on any atom is 0.149 e. The van der Waals surface area contributed by atoms with Crippen molar-refractivity contribution in [2.75, 3.05) is 5.73 Å². The van der Waals surface area contributed by atoms with E-state index in [-0.39, 0.29) is 5.69 Å². The number of anilines is 1. The van der Waals surface area contributed by atoms with Gasteiger partial charge in [0, 0.05) is 5.39 Å². The number of pyridine rings is 1. The Bertz CT molecular complexity index is 467. The van der Waals surface area contributed by atoms with Gasteiger partial charge in [0.05, 0.1) is 17.4 Å². The van der Waals surface area contributed by atoms with Gasteiger partial charge in [-0.1, -0.05) is 18.2 Å². The van der Waals surface area contributed by atoms with E-state index in [4.69, 9.17) is 5.73 Å². The number of para-hydroxylation sites is 1. The molecule has 0 atom stereocenters. The molecule has 2 aromatic rings. The summed E-state index contributed by atoms with van der Waals surface area (Å²) in [6.07, 6.45) is 1.38. The second-order valence-electron chi connectivity index (χ2n) is 2.67. The number of hydrogen-bond acceptors (Lipinski definition) is 4. The highest BCUT2D eigenvalue weighted by Gasteiger charge is 2.04. The van der Waals surface area contributed by atoms with Gasteiger partial charge in [-0.15, -0.1) is 4.91 Å². The molecule has 0 aliphatic carbocycles. The van der Waals surface area contributed by atoms with E-state index >= 15 is 0 Å². The average Bonchev–Trinajstić information content (AvgIpc) is 2.19. The van der Waals surface area contributed by atoms with Gasteiger partial charge >= 0.3 is 0 Å². The Morgan fingerprint density at radius 3 is 2.85 bits per heavy atom. The van der Waals surface area contributed by atoms with Crippen LogP contribution in [0.3, 0.4) is 0 Å². The lowest BCUT2D eigenvalue weighted by atomic mass is 10.2. The van der Waals surface area contributed by atoms with Crippen LogP contribution in [0.1, 0.15) is 0 Å². The lowest BCUT2D eigenvalue weighted by Gasteiger charge is -2.01. The summed E-state index contributed by atoms with van der Waals surface area (Å²) < 4.78 is 0. The molecular weight excluding hydrogens is 166 g/mol. The lowest BCUT2D eigenvalue weighted by Crippen LogP contribution is -1.89. The standard InChI is InChI=1S/C9H7N3O/c10-9-6-3-1-2-4-7(6)11-5-8(9)12-13/h1-5H,(H2,10,11). The van der Waals surface area contributed by atoms with Crippen LogP contribution in [0.25, 0.3) is 10.9 Å². The van der Waals surface area contributed by atoms with E-state index < -0.39 is 0 Å². The van der Waals surface area contributed by atoms with E-state index in [1.807, 2.05) is 24.3 Å². The minimum atomic E-state index is 0.193. The summed E-state index contributed by atoms with van der Waals surface area (Å²) in [6.45, 7) is 0. The molecule has 1 heterocycles. The molecule has 1 aromatic carbocycles. The van der Waals surface area contributed by atoms with E-state index in [2.05, 4.69) is 10.2 Å². The van der Waals surface area contributed by atoms with Crippen LogP contribution in [0.2, 0.25) is 0 Å². The van der Waals surface area contributed by atoms with Crippen LogP contribution >= 0.6 is 0 Å². The van der Waals surface area contributed by atoms with Crippen LogP contribution in [-0.2, 0) is 0 Å². The smallest absolute Gasteiger partial charge is 0.149 e. The summed E-state index contributed by atoms with van der Waals surface area (Å²) in [6, 6.07) is 7.35. The molecule has 0 radical (unpaired) electrons. The number of fused-ring (bicyclic) bond motifs is 1. The molecule has 2 N–H and O–H groups in total. The Balaban J connectivity index is 2.86. The van der Waals surface area contributed by atoms with E-state index in [1.54, 1.807) is 0 Å². The van der Waals surface area contributed by atoms with Crippen molar-refractivity contribution in [2.24, 2.45) is 5.18 Å². The number of benzene rings is 1. The Hall–Kier alpha value is -1.97. The molecular formula is C9H7N3O. The van der Waals surface area contributed by atoms with Gasteiger partial charge in [0.25, 0.3) is 0 Å². The maximum atomic E-state index is 10.3. The number of nitrogen functional groups attached to an aromatic ring is 1. The molecule has 0 saturated carbocycles. The Morgan fingerprint density at radius 1 is 1.31 bits per heavy atom. The van der Waals surface area contributed by atoms with Crippen LogP contribution in [0.5, 0.6) is 0 Å². The summed E-state index contributed by atoms with van der Waals surface area (Å²) in [7, 11) is 0. The number of nitrogens with two attached hydrogens (primary N) is 1. The highest BCUT2D eigenvalue weighted by Crippen LogP contribution is 2.28. The maximum absolute atomic E-state index is 10.3. The van der Waals surface area contributed by atoms with Crippen LogP contribution in [0.4, 0.5) is 11.4 Å². The van der Waals surface area contributed by atoms with Gasteiger partial charge in [0.2, 0.25) is 0 Å². The molecule has 0 bridgehead atoms. The molecule has 0 fully saturated rings. The lowest BCUT2D eigenvalue weighted by molar-refractivity contribution is 1.37. The fraction of sp³-hybridized carbons (Fsp3) is 0. The van der Waals surface area contributed by atoms with Crippen molar-refractivity contribution in [2.45, 2.75) is 0 Å². The van der Waals surface area contributed by atoms with Gasteiger partial charge in [-0.05, 0) is 11.2 Å². The quantitative estimate of drug-likeness (QED) is 0.672. The van der Waals surface area contributed by atoms with Crippen molar-refractivity contribution in [1.29, 1.82) is 0 Å². The molecule has 0 saturated heterocycles. The third-order valence-electron chi connectivity index (χ3n) is 1.89. The second-order valence-corrected chi connectivity index (χ2v) is 2.67. The first kappa shape index (κ1) is 7.67. The van der Waals surface area contributed by atoms with Crippen molar-refractivity contribution in [3.63, 3.8) is 0 Å². The molecule has 0 spiro atoms. The number of nitroso groups, excluding NO2 is 1. The highest BCUT2D eigenvalue weighted by atomic mass is 16.3. The Kier molecular flexibility index (Phi) is 1.66. The van der Waals surface area contributed by atoms with Crippen molar-refractivity contribution >= 4 is 22.3 Å². The van der Waals surface area contributed by atoms with Gasteiger partial charge in [0.1, 0.15) is 5.69 Å². The first-order valence-electron chi connectivity index (χ1n) is 3.79. The molecule has 13 heavy (non-hydrogen) atoms. The summed E-state index contributed by atoms with van der Waals surface area (Å²) in [5, 5.41) is 3.55. The highest BCUT2D eigenvalue weighted by molar-refractivity contribution is 5.95. The molecule has 0 aliphatic rings. The van der Waals surface area contributed by atoms with Crippen molar-refractivity contribution in [1.82, 2.24) is 4.98 Å². The molecule has 4 heteroatoms. The van der Waals surface area contributed by atoms with Crippen molar-refractivity contribution in [3.8, 4) is 0 Å². The normalized spacial score (nSPS) is 10.2. The Labute approximate surface area is 74.4 Å². The second kappa shape index (κ2) is 2.82. The van der Waals surface area contributed by atoms with E-state index in [1.165, 1.54) is 6.20 Å². The van der Waals surface area contributed by atoms with Crippen LogP contribution in [-0.4, -0.2) is 4.98 Å². The number of rotatable bonds is 1. The molecule has 0 unspecified atom stereocenters. The third-order valence-corrected chi connectivity index (χ3v) is 1.89. The molecule has 0 amide bonds. The first-order valence-corrected chi connectivity index (χ1v) is 3.79. The minimum absolute atomic E-state index is 0.193. The van der Waals surface area contributed by atoms with Gasteiger partial charge < -0.3 is 5.73 Å². The van der Waals surface area contributed by atoms with Crippen LogP contribution in [0.15, 0.2) is 35.6 Å². The molecule has 0 aliphatic heterocycles. The summed E-state index contributed by atoms with van der Waals surface area (Å²) in [4.78, 5) is 14.3. The largest absolute Gasteiger partial charge is 0.396 e. The van der Waals surface area contributed by atoms with Crippen LogP contribution in [0, 0.1) is 4.91 Å². The first-order chi connectivity index (χ1) is 6.33. The topological polar surface area (TPSA) is 68.3 Å². The summed E-state index contributed by atoms with van der Waals surface area (Å²) in [5.41, 5.74) is 7.05. The number of hydrogen-bond donors (Lipinski definition) is 1. The molecule has 1 aromatic heterocycles. The number of aromatic nitrogens is 1. The van der Waals surface area contributed by atoms with Crippen molar-refractivity contribution in [3.05, 3.63) is 35.4 Å². The summed E-state index contributed by atoms with van der Waals surface area (Å²) in [5.74, 6) is 0. The molecule has 4 nitrogen and oxygen atoms in total. The zero-order valence-corrected chi connectivity index (χ0v) is 6.77. The minimum Gasteiger partial charge on any atom is -0.396 e. The fourth-order valence-corrected chi connectivity index (χ4v) is 1.22.